The van der Waals surface area contributed by atoms with Gasteiger partial charge in [-0.15, -0.1) is 0 Å². The van der Waals surface area contributed by atoms with Crippen molar-refractivity contribution >= 4 is 5.91 Å². The van der Waals surface area contributed by atoms with Gasteiger partial charge in [-0.25, -0.2) is 0 Å². The number of piperazine rings is 1. The Hall–Kier alpha value is -0.610. The predicted molar refractivity (Wildman–Crippen MR) is 84.2 cm³/mol. The Labute approximate surface area is 120 Å². The van der Waals surface area contributed by atoms with Crippen LogP contribution in [-0.2, 0) is 4.79 Å². The molecule has 0 unspecified atom stereocenters. The lowest BCUT2D eigenvalue weighted by atomic mass is 9.92. The highest BCUT2D eigenvalue weighted by Crippen LogP contribution is 2.19. The molecular weight excluding hydrogens is 238 g/mol. The quantitative estimate of drug-likeness (QED) is 0.835. The third-order valence-electron chi connectivity index (χ3n) is 3.21. The van der Waals surface area contributed by atoms with Crippen molar-refractivity contribution in [2.24, 2.45) is 11.1 Å². The lowest BCUT2D eigenvalue weighted by molar-refractivity contribution is -0.136. The zero-order chi connectivity index (χ0) is 14.9. The van der Waals surface area contributed by atoms with Crippen molar-refractivity contribution < 1.29 is 6.22 Å². The first kappa shape index (κ1) is 18.4. The van der Waals surface area contributed by atoms with Gasteiger partial charge in [0, 0.05) is 21.1 Å². The number of rotatable bonds is 5. The molecule has 4 nitrogen and oxygen atoms in total. The molecule has 1 rings (SSSR count). The van der Waals surface area contributed by atoms with E-state index in [1.165, 1.54) is 0 Å². The molecule has 2 N–H and O–H groups in total. The van der Waals surface area contributed by atoms with Crippen LogP contribution in [0.15, 0.2) is 0 Å². The van der Waals surface area contributed by atoms with E-state index in [4.69, 9.17) is 5.73 Å². The van der Waals surface area contributed by atoms with Gasteiger partial charge >= 0.3 is 0 Å². The molecule has 0 aromatic rings. The van der Waals surface area contributed by atoms with Crippen LogP contribution in [0.5, 0.6) is 0 Å². The number of nitrogens with zero attached hydrogens (tertiary/aromatic N) is 2. The Morgan fingerprint density at radius 3 is 2.32 bits per heavy atom. The summed E-state index contributed by atoms with van der Waals surface area (Å²) >= 11 is 0. The molecule has 0 saturated carbocycles. The second-order valence-electron chi connectivity index (χ2n) is 6.11. The van der Waals surface area contributed by atoms with E-state index in [1.807, 2.05) is 18.7 Å². The van der Waals surface area contributed by atoms with Crippen molar-refractivity contribution in [1.29, 1.82) is 0 Å². The fourth-order valence-corrected chi connectivity index (χ4v) is 1.96. The van der Waals surface area contributed by atoms with Crippen molar-refractivity contribution in [2.75, 3.05) is 39.3 Å². The van der Waals surface area contributed by atoms with Gasteiger partial charge in [-0.3, -0.25) is 9.69 Å². The molecule has 0 atom stereocenters. The molecule has 0 aromatic carbocycles. The number of nitrogens with two attached hydrogens (primary N) is 1. The number of amides is 1. The van der Waals surface area contributed by atoms with Gasteiger partial charge in [0.2, 0.25) is 5.91 Å². The first-order valence-corrected chi connectivity index (χ1v) is 7.62. The van der Waals surface area contributed by atoms with Gasteiger partial charge in [-0.2, -0.15) is 0 Å². The van der Waals surface area contributed by atoms with Crippen LogP contribution in [0.4, 0.5) is 0 Å². The number of carbonyl (C=O) groups excluding carboxylic acids is 1. The molecule has 1 fully saturated rings. The molecule has 1 saturated heterocycles. The predicted octanol–water partition coefficient (Wildman–Crippen LogP) is 2.19. The summed E-state index contributed by atoms with van der Waals surface area (Å²) in [7, 11) is 0. The lowest BCUT2D eigenvalue weighted by Crippen LogP contribution is -2.51. The zero-order valence-electron chi connectivity index (χ0n) is 13.5. The molecule has 0 radical (unpaired) electrons. The van der Waals surface area contributed by atoms with Crippen LogP contribution in [0.25, 0.3) is 0 Å². The van der Waals surface area contributed by atoms with E-state index in [0.29, 0.717) is 18.5 Å². The van der Waals surface area contributed by atoms with E-state index in [-0.39, 0.29) is 7.33 Å². The normalized spacial score (nSPS) is 17.2. The number of hydrogen-bond acceptors (Lipinski definition) is 3. The highest BCUT2D eigenvalue weighted by molar-refractivity contribution is 5.79. The van der Waals surface area contributed by atoms with Crippen LogP contribution in [0.2, 0.25) is 0 Å². The first-order chi connectivity index (χ1) is 8.92. The average molecular weight is 273 g/mol. The Balaban J connectivity index is 0. The summed E-state index contributed by atoms with van der Waals surface area (Å²) in [6.07, 6.45) is 2.05. The summed E-state index contributed by atoms with van der Waals surface area (Å²) in [4.78, 5) is 16.1. The fourth-order valence-electron chi connectivity index (χ4n) is 1.96. The molecule has 0 aliphatic carbocycles. The molecule has 19 heavy (non-hydrogen) atoms. The van der Waals surface area contributed by atoms with Gasteiger partial charge in [-0.1, -0.05) is 34.6 Å². The van der Waals surface area contributed by atoms with Gasteiger partial charge in [0.05, 0.1) is 6.54 Å². The van der Waals surface area contributed by atoms with E-state index in [2.05, 4.69) is 25.7 Å². The largest absolute Gasteiger partial charge is 0.340 e. The van der Waals surface area contributed by atoms with Crippen molar-refractivity contribution in [3.8, 4) is 0 Å². The maximum absolute atomic E-state index is 11.9. The SMILES string of the molecule is CC.CC(C)(C)CCN1CCN(CCCN)C(=O)C1.[HH]. The van der Waals surface area contributed by atoms with E-state index < -0.39 is 0 Å². The van der Waals surface area contributed by atoms with E-state index in [9.17, 15) is 4.79 Å². The minimum absolute atomic E-state index is 0. The highest BCUT2D eigenvalue weighted by Gasteiger charge is 2.24. The molecule has 1 amide bonds. The molecule has 4 heteroatoms. The van der Waals surface area contributed by atoms with Crippen molar-refractivity contribution in [3.05, 3.63) is 0 Å². The zero-order valence-corrected chi connectivity index (χ0v) is 13.5. The van der Waals surface area contributed by atoms with Crippen LogP contribution < -0.4 is 5.73 Å². The Bertz CT molecular complexity index is 254. The Morgan fingerprint density at radius 2 is 1.84 bits per heavy atom. The Kier molecular flexibility index (Phi) is 9.02. The number of carbonyl (C=O) groups is 1. The summed E-state index contributed by atoms with van der Waals surface area (Å²) in [5.41, 5.74) is 5.81. The van der Waals surface area contributed by atoms with Crippen LogP contribution in [-0.4, -0.2) is 55.0 Å². The molecule has 1 aliphatic heterocycles. The summed E-state index contributed by atoms with van der Waals surface area (Å²) in [6.45, 7) is 15.7. The number of hydrogen-bond donors (Lipinski definition) is 1. The Morgan fingerprint density at radius 1 is 1.21 bits per heavy atom. The van der Waals surface area contributed by atoms with Gasteiger partial charge in [0.25, 0.3) is 0 Å². The highest BCUT2D eigenvalue weighted by atomic mass is 16.2. The maximum atomic E-state index is 11.9. The summed E-state index contributed by atoms with van der Waals surface area (Å²) < 4.78 is 0. The van der Waals surface area contributed by atoms with Crippen molar-refractivity contribution in [2.45, 2.75) is 47.5 Å². The smallest absolute Gasteiger partial charge is 0.236 e. The monoisotopic (exact) mass is 273 g/mol. The van der Waals surface area contributed by atoms with E-state index >= 15 is 0 Å². The minimum Gasteiger partial charge on any atom is -0.340 e. The molecule has 1 aliphatic rings. The second-order valence-corrected chi connectivity index (χ2v) is 6.11. The van der Waals surface area contributed by atoms with Gasteiger partial charge in [0.1, 0.15) is 0 Å². The third-order valence-corrected chi connectivity index (χ3v) is 3.21. The third kappa shape index (κ3) is 8.22. The topological polar surface area (TPSA) is 49.6 Å². The van der Waals surface area contributed by atoms with Crippen LogP contribution >= 0.6 is 0 Å². The molecule has 116 valence electrons. The van der Waals surface area contributed by atoms with E-state index in [1.54, 1.807) is 0 Å². The van der Waals surface area contributed by atoms with Crippen molar-refractivity contribution in [1.82, 2.24) is 9.80 Å². The molecule has 1 heterocycles. The van der Waals surface area contributed by atoms with Gasteiger partial charge < -0.3 is 10.6 Å². The molecule has 0 aromatic heterocycles. The average Bonchev–Trinajstić information content (AvgIpc) is 2.37. The molecular formula is C15H35N3O. The summed E-state index contributed by atoms with van der Waals surface area (Å²) in [5.74, 6) is 0.263. The summed E-state index contributed by atoms with van der Waals surface area (Å²) in [6, 6.07) is 0. The van der Waals surface area contributed by atoms with Gasteiger partial charge in [-0.05, 0) is 31.3 Å². The lowest BCUT2D eigenvalue weighted by Gasteiger charge is -2.35. The van der Waals surface area contributed by atoms with Crippen LogP contribution in [0.3, 0.4) is 0 Å². The van der Waals surface area contributed by atoms with Crippen LogP contribution in [0, 0.1) is 5.41 Å². The maximum Gasteiger partial charge on any atom is 0.236 e. The fraction of sp³-hybridized carbons (Fsp3) is 0.933. The molecule has 0 bridgehead atoms. The first-order valence-electron chi connectivity index (χ1n) is 7.62. The minimum atomic E-state index is 0. The van der Waals surface area contributed by atoms with Crippen molar-refractivity contribution in [3.63, 3.8) is 0 Å². The van der Waals surface area contributed by atoms with Crippen LogP contribution in [0.1, 0.15) is 48.9 Å². The standard InChI is InChI=1S/C13H27N3O.C2H6.H2/c1-13(2,3)5-8-15-9-10-16(7-4-6-14)12(17)11-15;1-2;/h4-11,14H2,1-3H3;1-2H3;1H. The van der Waals surface area contributed by atoms with E-state index in [0.717, 1.165) is 39.0 Å². The van der Waals surface area contributed by atoms with Gasteiger partial charge in [0.15, 0.2) is 0 Å². The second kappa shape index (κ2) is 9.32. The molecule has 0 spiro atoms. The summed E-state index contributed by atoms with van der Waals surface area (Å²) in [5, 5.41) is 0.